The summed E-state index contributed by atoms with van der Waals surface area (Å²) in [4.78, 5) is 16.9. The van der Waals surface area contributed by atoms with Crippen LogP contribution in [0, 0.1) is 0 Å². The largest absolute Gasteiger partial charge is 0.484 e. The van der Waals surface area contributed by atoms with Gasteiger partial charge in [-0.3, -0.25) is 4.79 Å². The summed E-state index contributed by atoms with van der Waals surface area (Å²) in [6.45, 7) is 4.90. The molecule has 0 saturated carbocycles. The second kappa shape index (κ2) is 9.31. The number of amides is 1. The van der Waals surface area contributed by atoms with Gasteiger partial charge in [0, 0.05) is 38.4 Å². The molecule has 1 fully saturated rings. The summed E-state index contributed by atoms with van der Waals surface area (Å²) in [5.41, 5.74) is 5.15. The molecule has 2 aromatic rings. The molecule has 1 aliphatic carbocycles. The lowest BCUT2D eigenvalue weighted by atomic mass is 9.92. The van der Waals surface area contributed by atoms with Crippen molar-refractivity contribution in [2.24, 2.45) is 0 Å². The number of carbonyl (C=O) groups is 1. The topological polar surface area (TPSA) is 44.8 Å². The molecule has 154 valence electrons. The molecule has 1 aliphatic heterocycles. The number of benzene rings is 2. The average Bonchev–Trinajstić information content (AvgIpc) is 2.77. The van der Waals surface area contributed by atoms with Crippen molar-refractivity contribution in [1.82, 2.24) is 10.2 Å². The lowest BCUT2D eigenvalue weighted by molar-refractivity contribution is -0.123. The third-order valence-electron chi connectivity index (χ3n) is 5.98. The van der Waals surface area contributed by atoms with Crippen molar-refractivity contribution in [3.8, 4) is 5.75 Å². The summed E-state index contributed by atoms with van der Waals surface area (Å²) < 4.78 is 5.71. The minimum Gasteiger partial charge on any atom is -0.484 e. The van der Waals surface area contributed by atoms with Gasteiger partial charge in [0.25, 0.3) is 5.91 Å². The maximum absolute atomic E-state index is 12.2. The number of nitrogens with one attached hydrogen (secondary N) is 1. The quantitative estimate of drug-likeness (QED) is 0.820. The average molecular weight is 394 g/mol. The lowest BCUT2D eigenvalue weighted by Crippen LogP contribution is -2.44. The summed E-state index contributed by atoms with van der Waals surface area (Å²) in [6, 6.07) is 14.7. The monoisotopic (exact) mass is 393 g/mol. The van der Waals surface area contributed by atoms with Gasteiger partial charge in [-0.1, -0.05) is 18.2 Å². The molecule has 4 rings (SSSR count). The molecule has 2 aliphatic rings. The van der Waals surface area contributed by atoms with E-state index in [-0.39, 0.29) is 12.5 Å². The number of anilines is 1. The van der Waals surface area contributed by atoms with Crippen LogP contribution in [0.2, 0.25) is 0 Å². The summed E-state index contributed by atoms with van der Waals surface area (Å²) in [7, 11) is 2.17. The van der Waals surface area contributed by atoms with Crippen molar-refractivity contribution in [2.45, 2.75) is 32.2 Å². The molecule has 1 amide bonds. The SMILES string of the molecule is CN1CCN(c2ccc(CNC(=O)COc3ccc4c(c3)CCCC4)cc2)CC1. The van der Waals surface area contributed by atoms with E-state index in [1.54, 1.807) is 0 Å². The highest BCUT2D eigenvalue weighted by atomic mass is 16.5. The van der Waals surface area contributed by atoms with Crippen molar-refractivity contribution in [3.63, 3.8) is 0 Å². The van der Waals surface area contributed by atoms with Gasteiger partial charge in [0.1, 0.15) is 5.75 Å². The van der Waals surface area contributed by atoms with Gasteiger partial charge in [0.2, 0.25) is 0 Å². The van der Waals surface area contributed by atoms with Crippen LogP contribution in [0.15, 0.2) is 42.5 Å². The van der Waals surface area contributed by atoms with Crippen LogP contribution in [0.3, 0.4) is 0 Å². The summed E-state index contributed by atoms with van der Waals surface area (Å²) >= 11 is 0. The Kier molecular flexibility index (Phi) is 6.35. The molecule has 29 heavy (non-hydrogen) atoms. The van der Waals surface area contributed by atoms with Gasteiger partial charge in [-0.25, -0.2) is 0 Å². The van der Waals surface area contributed by atoms with E-state index in [0.29, 0.717) is 6.54 Å². The highest BCUT2D eigenvalue weighted by molar-refractivity contribution is 5.77. The Morgan fingerprint density at radius 3 is 2.45 bits per heavy atom. The summed E-state index contributed by atoms with van der Waals surface area (Å²) in [5, 5.41) is 2.95. The zero-order chi connectivity index (χ0) is 20.1. The van der Waals surface area contributed by atoms with E-state index in [9.17, 15) is 4.79 Å². The van der Waals surface area contributed by atoms with Gasteiger partial charge in [0.15, 0.2) is 6.61 Å². The van der Waals surface area contributed by atoms with Crippen molar-refractivity contribution < 1.29 is 9.53 Å². The molecule has 0 bridgehead atoms. The van der Waals surface area contributed by atoms with Gasteiger partial charge >= 0.3 is 0 Å². The Labute approximate surface area is 173 Å². The van der Waals surface area contributed by atoms with Crippen molar-refractivity contribution in [2.75, 3.05) is 44.7 Å². The Balaban J connectivity index is 1.22. The Hall–Kier alpha value is -2.53. The summed E-state index contributed by atoms with van der Waals surface area (Å²) in [6.07, 6.45) is 4.78. The fourth-order valence-electron chi connectivity index (χ4n) is 4.09. The third kappa shape index (κ3) is 5.30. The first-order valence-corrected chi connectivity index (χ1v) is 10.7. The van der Waals surface area contributed by atoms with Crippen molar-refractivity contribution in [3.05, 3.63) is 59.2 Å². The summed E-state index contributed by atoms with van der Waals surface area (Å²) in [5.74, 6) is 0.697. The van der Waals surface area contributed by atoms with Crippen molar-refractivity contribution in [1.29, 1.82) is 0 Å². The fourth-order valence-corrected chi connectivity index (χ4v) is 4.09. The van der Waals surface area contributed by atoms with E-state index in [0.717, 1.165) is 50.3 Å². The highest BCUT2D eigenvalue weighted by Crippen LogP contribution is 2.25. The number of fused-ring (bicyclic) bond motifs is 1. The molecule has 2 aromatic carbocycles. The van der Waals surface area contributed by atoms with Gasteiger partial charge in [-0.2, -0.15) is 0 Å². The maximum atomic E-state index is 12.2. The van der Waals surface area contributed by atoms with Crippen LogP contribution < -0.4 is 15.0 Å². The van der Waals surface area contributed by atoms with E-state index >= 15 is 0 Å². The van der Waals surface area contributed by atoms with Crippen LogP contribution in [0.25, 0.3) is 0 Å². The van der Waals surface area contributed by atoms with E-state index in [1.807, 2.05) is 6.07 Å². The molecule has 0 radical (unpaired) electrons. The van der Waals surface area contributed by atoms with E-state index in [2.05, 4.69) is 58.6 Å². The van der Waals surface area contributed by atoms with Gasteiger partial charge in [0.05, 0.1) is 0 Å². The zero-order valence-corrected chi connectivity index (χ0v) is 17.3. The van der Waals surface area contributed by atoms with Crippen LogP contribution in [0.1, 0.15) is 29.5 Å². The van der Waals surface area contributed by atoms with Crippen LogP contribution in [-0.4, -0.2) is 50.6 Å². The Morgan fingerprint density at radius 1 is 0.966 bits per heavy atom. The zero-order valence-electron chi connectivity index (χ0n) is 17.3. The molecule has 0 unspecified atom stereocenters. The number of hydrogen-bond donors (Lipinski definition) is 1. The number of rotatable bonds is 6. The number of carbonyl (C=O) groups excluding carboxylic acids is 1. The maximum Gasteiger partial charge on any atom is 0.258 e. The van der Waals surface area contributed by atoms with E-state index in [1.165, 1.54) is 29.7 Å². The van der Waals surface area contributed by atoms with Gasteiger partial charge < -0.3 is 19.9 Å². The third-order valence-corrected chi connectivity index (χ3v) is 5.98. The Morgan fingerprint density at radius 2 is 1.69 bits per heavy atom. The molecule has 1 saturated heterocycles. The second-order valence-corrected chi connectivity index (χ2v) is 8.16. The number of aryl methyl sites for hydroxylation is 2. The van der Waals surface area contributed by atoms with E-state index in [4.69, 9.17) is 4.74 Å². The second-order valence-electron chi connectivity index (χ2n) is 8.16. The molecule has 1 N–H and O–H groups in total. The molecule has 5 heteroatoms. The lowest BCUT2D eigenvalue weighted by Gasteiger charge is -2.34. The molecular formula is C24H31N3O2. The highest BCUT2D eigenvalue weighted by Gasteiger charge is 2.14. The number of ether oxygens (including phenoxy) is 1. The van der Waals surface area contributed by atoms with Crippen LogP contribution in [0.4, 0.5) is 5.69 Å². The van der Waals surface area contributed by atoms with E-state index < -0.39 is 0 Å². The smallest absolute Gasteiger partial charge is 0.258 e. The molecule has 0 spiro atoms. The van der Waals surface area contributed by atoms with Crippen molar-refractivity contribution >= 4 is 11.6 Å². The molecule has 1 heterocycles. The first kappa shape index (κ1) is 19.8. The van der Waals surface area contributed by atoms with Gasteiger partial charge in [-0.15, -0.1) is 0 Å². The molecule has 0 aromatic heterocycles. The molecule has 5 nitrogen and oxygen atoms in total. The first-order valence-electron chi connectivity index (χ1n) is 10.7. The number of piperazine rings is 1. The van der Waals surface area contributed by atoms with Crippen LogP contribution >= 0.6 is 0 Å². The molecular weight excluding hydrogens is 362 g/mol. The van der Waals surface area contributed by atoms with Crippen LogP contribution in [0.5, 0.6) is 5.75 Å². The minimum atomic E-state index is -0.0918. The van der Waals surface area contributed by atoms with Gasteiger partial charge in [-0.05, 0) is 73.7 Å². The predicted molar refractivity (Wildman–Crippen MR) is 117 cm³/mol. The number of nitrogens with zero attached hydrogens (tertiary/aromatic N) is 2. The standard InChI is InChI=1S/C24H31N3O2/c1-26-12-14-27(15-13-26)22-9-6-19(7-10-22)17-25-24(28)18-29-23-11-8-20-4-2-3-5-21(20)16-23/h6-11,16H,2-5,12-15,17-18H2,1H3,(H,25,28). The Bertz CT molecular complexity index is 827. The predicted octanol–water partition coefficient (Wildman–Crippen LogP) is 3.01. The molecule has 0 atom stereocenters. The van der Waals surface area contributed by atoms with Crippen LogP contribution in [-0.2, 0) is 24.2 Å². The first-order chi connectivity index (χ1) is 14.2. The number of hydrogen-bond acceptors (Lipinski definition) is 4. The fraction of sp³-hybridized carbons (Fsp3) is 0.458. The number of likely N-dealkylation sites (N-methyl/N-ethyl adjacent to an activating group) is 1. The minimum absolute atomic E-state index is 0.0537. The normalized spacial score (nSPS) is 16.9.